The third kappa shape index (κ3) is 4.01. The van der Waals surface area contributed by atoms with Crippen molar-refractivity contribution in [2.24, 2.45) is 23.2 Å². The molecule has 1 aromatic rings. The molecular formula is C24H33N3O2. The average molecular weight is 396 g/mol. The van der Waals surface area contributed by atoms with Crippen molar-refractivity contribution in [2.75, 3.05) is 37.6 Å². The van der Waals surface area contributed by atoms with Gasteiger partial charge in [-0.2, -0.15) is 0 Å². The zero-order chi connectivity index (χ0) is 19.8. The Morgan fingerprint density at radius 3 is 2.07 bits per heavy atom. The monoisotopic (exact) mass is 395 g/mol. The maximum Gasteiger partial charge on any atom is 0.242 e. The number of rotatable bonds is 5. The minimum Gasteiger partial charge on any atom is -0.368 e. The number of para-hydroxylation sites is 1. The Bertz CT molecular complexity index is 719. The van der Waals surface area contributed by atoms with E-state index in [0.29, 0.717) is 6.42 Å². The topological polar surface area (TPSA) is 52.7 Å². The summed E-state index contributed by atoms with van der Waals surface area (Å²) in [6, 6.07) is 10.3. The molecule has 6 rings (SSSR count). The lowest BCUT2D eigenvalue weighted by Gasteiger charge is -2.56. The zero-order valence-corrected chi connectivity index (χ0v) is 17.3. The van der Waals surface area contributed by atoms with E-state index < -0.39 is 0 Å². The Labute approximate surface area is 173 Å². The van der Waals surface area contributed by atoms with E-state index in [9.17, 15) is 9.59 Å². The van der Waals surface area contributed by atoms with E-state index in [1.54, 1.807) is 0 Å². The lowest BCUT2D eigenvalue weighted by atomic mass is 9.49. The standard InChI is InChI=1S/C24H33N3O2/c28-22(16-24-13-18-10-19(14-24)12-20(11-18)15-24)25-17-23(29)27-8-6-26(7-9-27)21-4-2-1-3-5-21/h1-5,18-20H,6-17H2,(H,25,28). The van der Waals surface area contributed by atoms with E-state index in [4.69, 9.17) is 0 Å². The summed E-state index contributed by atoms with van der Waals surface area (Å²) in [4.78, 5) is 29.5. The summed E-state index contributed by atoms with van der Waals surface area (Å²) in [6.45, 7) is 3.28. The fourth-order valence-corrected chi connectivity index (χ4v) is 7.05. The van der Waals surface area contributed by atoms with Crippen molar-refractivity contribution < 1.29 is 9.59 Å². The van der Waals surface area contributed by atoms with Crippen molar-refractivity contribution in [1.29, 1.82) is 0 Å². The summed E-state index contributed by atoms with van der Waals surface area (Å²) in [5.41, 5.74) is 1.45. The van der Waals surface area contributed by atoms with Crippen LogP contribution in [-0.2, 0) is 9.59 Å². The van der Waals surface area contributed by atoms with Gasteiger partial charge >= 0.3 is 0 Å². The Balaban J connectivity index is 1.08. The van der Waals surface area contributed by atoms with Gasteiger partial charge in [0.25, 0.3) is 0 Å². The number of hydrogen-bond donors (Lipinski definition) is 1. The molecule has 5 nitrogen and oxygen atoms in total. The summed E-state index contributed by atoms with van der Waals surface area (Å²) in [5.74, 6) is 2.71. The molecule has 2 amide bonds. The first kappa shape index (κ1) is 19.0. The Hall–Kier alpha value is -2.04. The van der Waals surface area contributed by atoms with Crippen LogP contribution in [0.25, 0.3) is 0 Å². The second-order valence-corrected chi connectivity index (χ2v) is 10.1. The number of nitrogens with zero attached hydrogens (tertiary/aromatic N) is 2. The number of piperazine rings is 1. The van der Waals surface area contributed by atoms with Gasteiger partial charge in [0.05, 0.1) is 6.54 Å². The number of carbonyl (C=O) groups is 2. The van der Waals surface area contributed by atoms with Crippen LogP contribution in [-0.4, -0.2) is 49.4 Å². The fourth-order valence-electron chi connectivity index (χ4n) is 7.05. The van der Waals surface area contributed by atoms with Gasteiger partial charge in [0, 0.05) is 38.3 Å². The van der Waals surface area contributed by atoms with Crippen molar-refractivity contribution >= 4 is 17.5 Å². The molecule has 0 radical (unpaired) electrons. The first-order chi connectivity index (χ1) is 14.1. The maximum absolute atomic E-state index is 12.7. The molecule has 5 aliphatic rings. The number of carbonyl (C=O) groups excluding carboxylic acids is 2. The molecule has 4 aliphatic carbocycles. The van der Waals surface area contributed by atoms with Crippen LogP contribution in [0.5, 0.6) is 0 Å². The lowest BCUT2D eigenvalue weighted by molar-refractivity contribution is -0.135. The van der Waals surface area contributed by atoms with Gasteiger partial charge in [0.2, 0.25) is 11.8 Å². The Kier molecular flexibility index (Phi) is 5.00. The second-order valence-electron chi connectivity index (χ2n) is 10.1. The van der Waals surface area contributed by atoms with Gasteiger partial charge < -0.3 is 15.1 Å². The van der Waals surface area contributed by atoms with E-state index in [-0.39, 0.29) is 23.8 Å². The van der Waals surface area contributed by atoms with Gasteiger partial charge in [0.1, 0.15) is 0 Å². The summed E-state index contributed by atoms with van der Waals surface area (Å²) in [6.07, 6.45) is 8.54. The smallest absolute Gasteiger partial charge is 0.242 e. The van der Waals surface area contributed by atoms with Crippen molar-refractivity contribution in [3.8, 4) is 0 Å². The number of amides is 2. The minimum atomic E-state index is 0.0524. The number of nitrogens with one attached hydrogen (secondary N) is 1. The summed E-state index contributed by atoms with van der Waals surface area (Å²) in [7, 11) is 0. The Morgan fingerprint density at radius 2 is 1.48 bits per heavy atom. The van der Waals surface area contributed by atoms with Gasteiger partial charge in [-0.3, -0.25) is 9.59 Å². The van der Waals surface area contributed by atoms with Crippen LogP contribution in [0, 0.1) is 23.2 Å². The van der Waals surface area contributed by atoms with Crippen LogP contribution in [0.2, 0.25) is 0 Å². The molecule has 29 heavy (non-hydrogen) atoms. The first-order valence-electron chi connectivity index (χ1n) is 11.4. The van der Waals surface area contributed by atoms with Crippen LogP contribution in [0.1, 0.15) is 44.9 Å². The molecule has 1 aliphatic heterocycles. The van der Waals surface area contributed by atoms with Crippen LogP contribution in [0.15, 0.2) is 30.3 Å². The van der Waals surface area contributed by atoms with Gasteiger partial charge in [0.15, 0.2) is 0 Å². The van der Waals surface area contributed by atoms with Gasteiger partial charge in [-0.05, 0) is 73.8 Å². The predicted octanol–water partition coefficient (Wildman–Crippen LogP) is 3.06. The molecule has 0 aromatic heterocycles. The van der Waals surface area contributed by atoms with E-state index in [2.05, 4.69) is 22.3 Å². The highest BCUT2D eigenvalue weighted by molar-refractivity contribution is 5.85. The molecule has 1 saturated heterocycles. The van der Waals surface area contributed by atoms with Crippen molar-refractivity contribution in [2.45, 2.75) is 44.9 Å². The number of benzene rings is 1. The number of anilines is 1. The quantitative estimate of drug-likeness (QED) is 0.834. The van der Waals surface area contributed by atoms with Crippen molar-refractivity contribution in [3.05, 3.63) is 30.3 Å². The first-order valence-corrected chi connectivity index (χ1v) is 11.4. The molecule has 0 atom stereocenters. The summed E-state index contributed by atoms with van der Waals surface area (Å²) < 4.78 is 0. The third-order valence-electron chi connectivity index (χ3n) is 7.89. The average Bonchev–Trinajstić information content (AvgIpc) is 2.71. The van der Waals surface area contributed by atoms with E-state index >= 15 is 0 Å². The van der Waals surface area contributed by atoms with Crippen LogP contribution >= 0.6 is 0 Å². The largest absolute Gasteiger partial charge is 0.368 e. The molecule has 4 bridgehead atoms. The molecular weight excluding hydrogens is 362 g/mol. The normalized spacial score (nSPS) is 33.0. The molecule has 156 valence electrons. The molecule has 5 fully saturated rings. The zero-order valence-electron chi connectivity index (χ0n) is 17.3. The predicted molar refractivity (Wildman–Crippen MR) is 113 cm³/mol. The van der Waals surface area contributed by atoms with Gasteiger partial charge in [-0.25, -0.2) is 0 Å². The van der Waals surface area contributed by atoms with Crippen LogP contribution < -0.4 is 10.2 Å². The maximum atomic E-state index is 12.7. The van der Waals surface area contributed by atoms with Gasteiger partial charge in [-0.1, -0.05) is 18.2 Å². The second kappa shape index (κ2) is 7.66. The highest BCUT2D eigenvalue weighted by Gasteiger charge is 2.51. The molecule has 1 aromatic carbocycles. The molecule has 5 heteroatoms. The minimum absolute atomic E-state index is 0.0524. The van der Waals surface area contributed by atoms with Crippen molar-refractivity contribution in [1.82, 2.24) is 10.2 Å². The molecule has 1 heterocycles. The van der Waals surface area contributed by atoms with E-state index in [0.717, 1.165) is 43.9 Å². The van der Waals surface area contributed by atoms with Gasteiger partial charge in [-0.15, -0.1) is 0 Å². The molecule has 0 spiro atoms. The number of hydrogen-bond acceptors (Lipinski definition) is 3. The van der Waals surface area contributed by atoms with Crippen molar-refractivity contribution in [3.63, 3.8) is 0 Å². The molecule has 4 saturated carbocycles. The lowest BCUT2D eigenvalue weighted by Crippen LogP contribution is -2.52. The van der Waals surface area contributed by atoms with Crippen LogP contribution in [0.4, 0.5) is 5.69 Å². The fraction of sp³-hybridized carbons (Fsp3) is 0.667. The highest BCUT2D eigenvalue weighted by atomic mass is 16.2. The summed E-state index contributed by atoms with van der Waals surface area (Å²) in [5, 5.41) is 2.95. The van der Waals surface area contributed by atoms with Crippen LogP contribution in [0.3, 0.4) is 0 Å². The molecule has 1 N–H and O–H groups in total. The highest BCUT2D eigenvalue weighted by Crippen LogP contribution is 2.61. The molecule has 0 unspecified atom stereocenters. The summed E-state index contributed by atoms with van der Waals surface area (Å²) >= 11 is 0. The van der Waals surface area contributed by atoms with E-state index in [1.807, 2.05) is 23.1 Å². The Morgan fingerprint density at radius 1 is 0.897 bits per heavy atom. The van der Waals surface area contributed by atoms with E-state index in [1.165, 1.54) is 44.2 Å². The third-order valence-corrected chi connectivity index (χ3v) is 7.89. The SMILES string of the molecule is O=C(CC12CC3CC(CC(C3)C1)C2)NCC(=O)N1CCN(c2ccccc2)CC1.